The Labute approximate surface area is 160 Å². The van der Waals surface area contributed by atoms with Gasteiger partial charge in [-0.05, 0) is 48.0 Å². The van der Waals surface area contributed by atoms with Gasteiger partial charge in [-0.2, -0.15) is 0 Å². The number of benzene rings is 2. The molecule has 1 N–H and O–H groups in total. The maximum Gasteiger partial charge on any atom is 0.248 e. The molecule has 4 aromatic rings. The van der Waals surface area contributed by atoms with Crippen molar-refractivity contribution in [3.05, 3.63) is 90.5 Å². The van der Waals surface area contributed by atoms with Crippen molar-refractivity contribution in [3.63, 3.8) is 0 Å². The zero-order chi connectivity index (χ0) is 18.5. The molecule has 2 heterocycles. The van der Waals surface area contributed by atoms with Crippen molar-refractivity contribution in [2.24, 2.45) is 0 Å². The number of imidazole rings is 1. The third kappa shape index (κ3) is 4.19. The summed E-state index contributed by atoms with van der Waals surface area (Å²) in [5.41, 5.74) is 3.76. The number of nitrogens with zero attached hydrogens (tertiary/aromatic N) is 3. The molecule has 0 atom stereocenters. The van der Waals surface area contributed by atoms with Crippen molar-refractivity contribution in [1.82, 2.24) is 14.5 Å². The molecule has 0 radical (unpaired) electrons. The summed E-state index contributed by atoms with van der Waals surface area (Å²) in [6, 6.07) is 15.5. The van der Waals surface area contributed by atoms with Crippen molar-refractivity contribution in [2.45, 2.75) is 0 Å². The first-order chi connectivity index (χ1) is 13.3. The number of aromatic nitrogens is 3. The molecule has 27 heavy (non-hydrogen) atoms. The van der Waals surface area contributed by atoms with E-state index in [4.69, 9.17) is 0 Å². The van der Waals surface area contributed by atoms with Gasteiger partial charge >= 0.3 is 0 Å². The molecule has 0 saturated carbocycles. The Balaban J connectivity index is 1.37. The van der Waals surface area contributed by atoms with Crippen molar-refractivity contribution < 1.29 is 4.79 Å². The first-order valence-electron chi connectivity index (χ1n) is 8.35. The Morgan fingerprint density at radius 3 is 2.52 bits per heavy atom. The van der Waals surface area contributed by atoms with Crippen LogP contribution in [0.5, 0.6) is 0 Å². The van der Waals surface area contributed by atoms with Gasteiger partial charge in [0.25, 0.3) is 0 Å². The van der Waals surface area contributed by atoms with Gasteiger partial charge in [0.15, 0.2) is 0 Å². The zero-order valence-corrected chi connectivity index (χ0v) is 15.1. The minimum Gasteiger partial charge on any atom is -0.323 e. The first kappa shape index (κ1) is 16.9. The van der Waals surface area contributed by atoms with Crippen LogP contribution in [0, 0.1) is 0 Å². The van der Waals surface area contributed by atoms with Crippen LogP contribution in [0.15, 0.2) is 84.9 Å². The lowest BCUT2D eigenvalue weighted by Gasteiger charge is -2.04. The van der Waals surface area contributed by atoms with E-state index in [1.807, 2.05) is 64.7 Å². The van der Waals surface area contributed by atoms with Crippen molar-refractivity contribution in [2.75, 3.05) is 5.32 Å². The summed E-state index contributed by atoms with van der Waals surface area (Å²) in [5.74, 6) is -0.171. The highest BCUT2D eigenvalue weighted by atomic mass is 32.1. The molecule has 0 aliphatic rings. The van der Waals surface area contributed by atoms with Crippen LogP contribution in [-0.2, 0) is 4.79 Å². The second-order valence-corrected chi connectivity index (χ2v) is 6.69. The van der Waals surface area contributed by atoms with Gasteiger partial charge in [-0.25, -0.2) is 9.97 Å². The monoisotopic (exact) mass is 372 g/mol. The predicted molar refractivity (Wildman–Crippen MR) is 109 cm³/mol. The Morgan fingerprint density at radius 2 is 1.85 bits per heavy atom. The first-order valence-corrected chi connectivity index (χ1v) is 9.23. The molecular weight excluding hydrogens is 356 g/mol. The molecule has 1 amide bonds. The number of rotatable bonds is 5. The highest BCUT2D eigenvalue weighted by molar-refractivity contribution is 7.13. The highest BCUT2D eigenvalue weighted by Crippen LogP contribution is 2.23. The lowest BCUT2D eigenvalue weighted by atomic mass is 10.2. The Morgan fingerprint density at radius 1 is 1.04 bits per heavy atom. The van der Waals surface area contributed by atoms with Crippen LogP contribution < -0.4 is 5.32 Å². The number of hydrogen-bond donors (Lipinski definition) is 1. The van der Waals surface area contributed by atoms with E-state index in [1.165, 1.54) is 6.08 Å². The van der Waals surface area contributed by atoms with Gasteiger partial charge in [0, 0.05) is 47.0 Å². The SMILES string of the molecule is O=C(C=Cc1ccc(-n2ccnc2)cc1)Nc1ccc(-c2nccs2)cc1. The maximum absolute atomic E-state index is 12.1. The second-order valence-electron chi connectivity index (χ2n) is 5.80. The van der Waals surface area contributed by atoms with E-state index >= 15 is 0 Å². The molecule has 2 aromatic carbocycles. The van der Waals surface area contributed by atoms with Gasteiger partial charge < -0.3 is 9.88 Å². The fraction of sp³-hybridized carbons (Fsp3) is 0. The second kappa shape index (κ2) is 7.80. The van der Waals surface area contributed by atoms with Crippen LogP contribution in [0.2, 0.25) is 0 Å². The number of thiazole rings is 1. The highest BCUT2D eigenvalue weighted by Gasteiger charge is 2.02. The summed E-state index contributed by atoms with van der Waals surface area (Å²) in [4.78, 5) is 20.4. The Hall–Kier alpha value is -3.51. The third-order valence-electron chi connectivity index (χ3n) is 3.95. The quantitative estimate of drug-likeness (QED) is 0.519. The largest absolute Gasteiger partial charge is 0.323 e. The fourth-order valence-electron chi connectivity index (χ4n) is 2.59. The molecule has 0 saturated heterocycles. The van der Waals surface area contributed by atoms with Crippen molar-refractivity contribution in [3.8, 4) is 16.3 Å². The van der Waals surface area contributed by atoms with E-state index in [0.29, 0.717) is 0 Å². The number of amides is 1. The number of nitrogens with one attached hydrogen (secondary N) is 1. The number of anilines is 1. The zero-order valence-electron chi connectivity index (χ0n) is 14.3. The van der Waals surface area contributed by atoms with E-state index in [2.05, 4.69) is 15.3 Å². The molecule has 0 aliphatic carbocycles. The number of carbonyl (C=O) groups is 1. The van der Waals surface area contributed by atoms with E-state index < -0.39 is 0 Å². The molecule has 0 fully saturated rings. The van der Waals surface area contributed by atoms with Crippen molar-refractivity contribution >= 4 is 29.0 Å². The molecule has 132 valence electrons. The molecule has 2 aromatic heterocycles. The molecular formula is C21H16N4OS. The van der Waals surface area contributed by atoms with Crippen LogP contribution >= 0.6 is 11.3 Å². The van der Waals surface area contributed by atoms with Gasteiger partial charge in [0.1, 0.15) is 5.01 Å². The van der Waals surface area contributed by atoms with Crippen molar-refractivity contribution in [1.29, 1.82) is 0 Å². The lowest BCUT2D eigenvalue weighted by molar-refractivity contribution is -0.111. The average molecular weight is 372 g/mol. The Kier molecular flexibility index (Phi) is 4.89. The Bertz CT molecular complexity index is 1030. The van der Waals surface area contributed by atoms with Gasteiger partial charge in [-0.3, -0.25) is 4.79 Å². The molecule has 5 nitrogen and oxygen atoms in total. The summed E-state index contributed by atoms with van der Waals surface area (Å²) in [5, 5.41) is 5.77. The smallest absolute Gasteiger partial charge is 0.248 e. The van der Waals surface area contributed by atoms with Gasteiger partial charge in [0.05, 0.1) is 6.33 Å². The summed E-state index contributed by atoms with van der Waals surface area (Å²) >= 11 is 1.59. The van der Waals surface area contributed by atoms with Gasteiger partial charge in [-0.15, -0.1) is 11.3 Å². The van der Waals surface area contributed by atoms with Gasteiger partial charge in [-0.1, -0.05) is 12.1 Å². The average Bonchev–Trinajstić information content (AvgIpc) is 3.41. The summed E-state index contributed by atoms with van der Waals surface area (Å²) < 4.78 is 1.93. The summed E-state index contributed by atoms with van der Waals surface area (Å²) in [6.07, 6.45) is 10.5. The molecule has 0 unspecified atom stereocenters. The van der Waals surface area contributed by atoms with E-state index in [0.717, 1.165) is 27.5 Å². The normalized spacial score (nSPS) is 11.0. The van der Waals surface area contributed by atoms with E-state index in [-0.39, 0.29) is 5.91 Å². The number of hydrogen-bond acceptors (Lipinski definition) is 4. The fourth-order valence-corrected chi connectivity index (χ4v) is 3.23. The standard InChI is InChI=1S/C21H16N4OS/c26-20(24-18-6-4-17(5-7-18)21-23-12-14-27-21)10-3-16-1-8-19(9-2-16)25-13-11-22-15-25/h1-15H,(H,24,26). The molecule has 4 rings (SSSR count). The summed E-state index contributed by atoms with van der Waals surface area (Å²) in [7, 11) is 0. The van der Waals surface area contributed by atoms with Crippen LogP contribution in [-0.4, -0.2) is 20.4 Å². The van der Waals surface area contributed by atoms with Crippen LogP contribution in [0.1, 0.15) is 5.56 Å². The van der Waals surface area contributed by atoms with Crippen LogP contribution in [0.4, 0.5) is 5.69 Å². The molecule has 0 aliphatic heterocycles. The number of carbonyl (C=O) groups excluding carboxylic acids is 1. The summed E-state index contributed by atoms with van der Waals surface area (Å²) in [6.45, 7) is 0. The van der Waals surface area contributed by atoms with Crippen LogP contribution in [0.25, 0.3) is 22.3 Å². The third-order valence-corrected chi connectivity index (χ3v) is 4.78. The minimum absolute atomic E-state index is 0.171. The maximum atomic E-state index is 12.1. The minimum atomic E-state index is -0.171. The predicted octanol–water partition coefficient (Wildman–Crippen LogP) is 4.65. The molecule has 6 heteroatoms. The van der Waals surface area contributed by atoms with E-state index in [1.54, 1.807) is 36.1 Å². The lowest BCUT2D eigenvalue weighted by Crippen LogP contribution is -2.07. The van der Waals surface area contributed by atoms with Crippen LogP contribution in [0.3, 0.4) is 0 Å². The van der Waals surface area contributed by atoms with E-state index in [9.17, 15) is 4.79 Å². The molecule has 0 bridgehead atoms. The van der Waals surface area contributed by atoms with Gasteiger partial charge in [0.2, 0.25) is 5.91 Å². The topological polar surface area (TPSA) is 59.8 Å². The molecule has 0 spiro atoms.